The van der Waals surface area contributed by atoms with Gasteiger partial charge in [0.25, 0.3) is 0 Å². The van der Waals surface area contributed by atoms with Gasteiger partial charge in [-0.05, 0) is 36.4 Å². The molecule has 0 bridgehead atoms. The Hall–Kier alpha value is -2.96. The molecule has 0 unspecified atom stereocenters. The maximum atomic E-state index is 12.1. The molecule has 7 heteroatoms. The number of benzene rings is 2. The molecule has 0 saturated carbocycles. The van der Waals surface area contributed by atoms with Gasteiger partial charge in [-0.25, -0.2) is 4.98 Å². The van der Waals surface area contributed by atoms with Crippen LogP contribution < -0.4 is 10.1 Å². The summed E-state index contributed by atoms with van der Waals surface area (Å²) in [5.41, 5.74) is 2.18. The predicted octanol–water partition coefficient (Wildman–Crippen LogP) is 3.28. The van der Waals surface area contributed by atoms with E-state index >= 15 is 0 Å². The molecule has 1 aromatic heterocycles. The van der Waals surface area contributed by atoms with E-state index in [1.54, 1.807) is 10.9 Å². The van der Waals surface area contributed by atoms with Crippen LogP contribution in [-0.2, 0) is 11.3 Å². The highest BCUT2D eigenvalue weighted by Crippen LogP contribution is 2.18. The summed E-state index contributed by atoms with van der Waals surface area (Å²) in [6.07, 6.45) is 1.60. The molecule has 0 saturated heterocycles. The molecule has 5 nitrogen and oxygen atoms in total. The third kappa shape index (κ3) is 3.63. The summed E-state index contributed by atoms with van der Waals surface area (Å²) in [7, 11) is 0. The fourth-order valence-electron chi connectivity index (χ4n) is 2.21. The second-order valence-electron chi connectivity index (χ2n) is 4.81. The summed E-state index contributed by atoms with van der Waals surface area (Å²) >= 11 is 0. The van der Waals surface area contributed by atoms with Gasteiger partial charge in [0, 0.05) is 5.69 Å². The Morgan fingerprint density at radius 3 is 2.65 bits per heavy atom. The molecule has 0 spiro atoms. The molecule has 3 aromatic rings. The molecule has 0 aliphatic rings. The van der Waals surface area contributed by atoms with Crippen molar-refractivity contribution in [3.63, 3.8) is 0 Å². The minimum Gasteiger partial charge on any atom is -0.435 e. The van der Waals surface area contributed by atoms with E-state index in [4.69, 9.17) is 0 Å². The number of carbonyl (C=O) groups is 1. The Morgan fingerprint density at radius 2 is 1.91 bits per heavy atom. The number of fused-ring (bicyclic) bond motifs is 1. The average molecular weight is 317 g/mol. The van der Waals surface area contributed by atoms with Crippen molar-refractivity contribution in [2.45, 2.75) is 13.2 Å². The molecule has 118 valence electrons. The van der Waals surface area contributed by atoms with Crippen molar-refractivity contribution in [2.75, 3.05) is 5.32 Å². The SMILES string of the molecule is O=C(Cn1cnc2ccccc21)Nc1ccc(OC(F)F)cc1. The van der Waals surface area contributed by atoms with E-state index in [1.165, 1.54) is 24.3 Å². The van der Waals surface area contributed by atoms with Crippen LogP contribution in [0.3, 0.4) is 0 Å². The van der Waals surface area contributed by atoms with Crippen molar-refractivity contribution in [1.29, 1.82) is 0 Å². The van der Waals surface area contributed by atoms with Gasteiger partial charge >= 0.3 is 6.61 Å². The van der Waals surface area contributed by atoms with Crippen LogP contribution in [0.4, 0.5) is 14.5 Å². The summed E-state index contributed by atoms with van der Waals surface area (Å²) < 4.78 is 30.1. The Balaban J connectivity index is 1.65. The first kappa shape index (κ1) is 15.0. The first-order chi connectivity index (χ1) is 11.1. The van der Waals surface area contributed by atoms with Crippen LogP contribution in [0.2, 0.25) is 0 Å². The lowest BCUT2D eigenvalue weighted by atomic mass is 10.3. The maximum absolute atomic E-state index is 12.1. The number of alkyl halides is 2. The number of nitrogens with zero attached hydrogens (tertiary/aromatic N) is 2. The van der Waals surface area contributed by atoms with Gasteiger partial charge in [0.1, 0.15) is 12.3 Å². The van der Waals surface area contributed by atoms with Gasteiger partial charge in [0.2, 0.25) is 5.91 Å². The number of hydrogen-bond donors (Lipinski definition) is 1. The lowest BCUT2D eigenvalue weighted by Crippen LogP contribution is -2.18. The zero-order valence-corrected chi connectivity index (χ0v) is 11.9. The van der Waals surface area contributed by atoms with Crippen molar-refractivity contribution in [2.24, 2.45) is 0 Å². The van der Waals surface area contributed by atoms with Crippen LogP contribution in [0.15, 0.2) is 54.9 Å². The molecule has 1 heterocycles. The van der Waals surface area contributed by atoms with Gasteiger partial charge in [-0.15, -0.1) is 0 Å². The van der Waals surface area contributed by atoms with Gasteiger partial charge < -0.3 is 14.6 Å². The summed E-state index contributed by atoms with van der Waals surface area (Å²) in [5, 5.41) is 2.69. The van der Waals surface area contributed by atoms with E-state index in [2.05, 4.69) is 15.0 Å². The molecule has 0 aliphatic heterocycles. The van der Waals surface area contributed by atoms with E-state index in [0.29, 0.717) is 5.69 Å². The molecular weight excluding hydrogens is 304 g/mol. The standard InChI is InChI=1S/C16H13F2N3O2/c17-16(18)23-12-7-5-11(6-8-12)20-15(22)9-21-10-19-13-3-1-2-4-14(13)21/h1-8,10,16H,9H2,(H,20,22). The van der Waals surface area contributed by atoms with Crippen molar-refractivity contribution in [3.05, 3.63) is 54.9 Å². The molecule has 3 rings (SSSR count). The summed E-state index contributed by atoms with van der Waals surface area (Å²) in [6, 6.07) is 13.2. The number of rotatable bonds is 5. The zero-order chi connectivity index (χ0) is 16.2. The molecule has 0 aliphatic carbocycles. The normalized spacial score (nSPS) is 10.9. The summed E-state index contributed by atoms with van der Waals surface area (Å²) in [4.78, 5) is 16.3. The number of carbonyl (C=O) groups excluding carboxylic acids is 1. The maximum Gasteiger partial charge on any atom is 0.387 e. The Bertz CT molecular complexity index is 816. The minimum absolute atomic E-state index is 0.0404. The highest BCUT2D eigenvalue weighted by atomic mass is 19.3. The molecular formula is C16H13F2N3O2. The quantitative estimate of drug-likeness (QED) is 0.786. The Kier molecular flexibility index (Phi) is 4.18. The summed E-state index contributed by atoms with van der Waals surface area (Å²) in [6.45, 7) is -2.76. The number of aromatic nitrogens is 2. The van der Waals surface area contributed by atoms with Crippen molar-refractivity contribution < 1.29 is 18.3 Å². The number of hydrogen-bond acceptors (Lipinski definition) is 3. The lowest BCUT2D eigenvalue weighted by molar-refractivity contribution is -0.116. The number of anilines is 1. The van der Waals surface area contributed by atoms with Gasteiger partial charge in [-0.2, -0.15) is 8.78 Å². The van der Waals surface area contributed by atoms with E-state index in [9.17, 15) is 13.6 Å². The molecule has 0 atom stereocenters. The fourth-order valence-corrected chi connectivity index (χ4v) is 2.21. The van der Waals surface area contributed by atoms with Crippen LogP contribution in [0.5, 0.6) is 5.75 Å². The van der Waals surface area contributed by atoms with E-state index in [1.807, 2.05) is 24.3 Å². The number of para-hydroxylation sites is 2. The van der Waals surface area contributed by atoms with Crippen molar-refractivity contribution in [1.82, 2.24) is 9.55 Å². The second-order valence-corrected chi connectivity index (χ2v) is 4.81. The van der Waals surface area contributed by atoms with E-state index in [-0.39, 0.29) is 18.2 Å². The third-order valence-corrected chi connectivity index (χ3v) is 3.20. The molecule has 0 radical (unpaired) electrons. The first-order valence-corrected chi connectivity index (χ1v) is 6.86. The molecule has 1 N–H and O–H groups in total. The Morgan fingerprint density at radius 1 is 1.17 bits per heavy atom. The van der Waals surface area contributed by atoms with Crippen LogP contribution in [0, 0.1) is 0 Å². The second kappa shape index (κ2) is 6.43. The first-order valence-electron chi connectivity index (χ1n) is 6.86. The topological polar surface area (TPSA) is 56.2 Å². The average Bonchev–Trinajstić information content (AvgIpc) is 2.92. The molecule has 0 fully saturated rings. The Labute approximate surface area is 130 Å². The molecule has 1 amide bonds. The van der Waals surface area contributed by atoms with Crippen molar-refractivity contribution in [3.8, 4) is 5.75 Å². The predicted molar refractivity (Wildman–Crippen MR) is 81.4 cm³/mol. The van der Waals surface area contributed by atoms with Crippen molar-refractivity contribution >= 4 is 22.6 Å². The number of imidazole rings is 1. The van der Waals surface area contributed by atoms with Crippen LogP contribution in [-0.4, -0.2) is 22.1 Å². The number of ether oxygens (including phenoxy) is 1. The van der Waals surface area contributed by atoms with Crippen LogP contribution >= 0.6 is 0 Å². The molecule has 23 heavy (non-hydrogen) atoms. The minimum atomic E-state index is -2.87. The van der Waals surface area contributed by atoms with E-state index < -0.39 is 6.61 Å². The lowest BCUT2D eigenvalue weighted by Gasteiger charge is -2.08. The van der Waals surface area contributed by atoms with Gasteiger partial charge in [0.15, 0.2) is 0 Å². The molecule has 2 aromatic carbocycles. The summed E-state index contributed by atoms with van der Waals surface area (Å²) in [5.74, 6) is -0.200. The number of halogens is 2. The monoisotopic (exact) mass is 317 g/mol. The smallest absolute Gasteiger partial charge is 0.387 e. The third-order valence-electron chi connectivity index (χ3n) is 3.20. The van der Waals surface area contributed by atoms with Gasteiger partial charge in [-0.3, -0.25) is 4.79 Å². The largest absolute Gasteiger partial charge is 0.435 e. The van der Waals surface area contributed by atoms with Crippen LogP contribution in [0.25, 0.3) is 11.0 Å². The number of nitrogens with one attached hydrogen (secondary N) is 1. The van der Waals surface area contributed by atoms with Crippen LogP contribution in [0.1, 0.15) is 0 Å². The highest BCUT2D eigenvalue weighted by molar-refractivity contribution is 5.91. The fraction of sp³-hybridized carbons (Fsp3) is 0.125. The highest BCUT2D eigenvalue weighted by Gasteiger charge is 2.08. The van der Waals surface area contributed by atoms with Gasteiger partial charge in [0.05, 0.1) is 17.4 Å². The van der Waals surface area contributed by atoms with E-state index in [0.717, 1.165) is 11.0 Å². The van der Waals surface area contributed by atoms with Gasteiger partial charge in [-0.1, -0.05) is 12.1 Å². The zero-order valence-electron chi connectivity index (χ0n) is 11.9. The number of amides is 1.